The van der Waals surface area contributed by atoms with E-state index in [4.69, 9.17) is 0 Å². The molecule has 0 radical (unpaired) electrons. The first kappa shape index (κ1) is 10.2. The minimum atomic E-state index is -2.50. The van der Waals surface area contributed by atoms with Gasteiger partial charge in [-0.2, -0.15) is 0 Å². The molecule has 62 valence electrons. The minimum absolute atomic E-state index is 0.106. The molecule has 0 atom stereocenters. The van der Waals surface area contributed by atoms with Crippen molar-refractivity contribution in [2.45, 2.75) is 6.92 Å². The van der Waals surface area contributed by atoms with Crippen LogP contribution < -0.4 is 0 Å². The molecule has 0 saturated carbocycles. The van der Waals surface area contributed by atoms with Gasteiger partial charge in [-0.25, -0.2) is 0 Å². The molecule has 3 nitrogen and oxygen atoms in total. The van der Waals surface area contributed by atoms with Gasteiger partial charge >= 0.3 is 66.7 Å². The third-order valence-electron chi connectivity index (χ3n) is 1.49. The van der Waals surface area contributed by atoms with Crippen LogP contribution in [0.15, 0.2) is 0 Å². The topological polar surface area (TPSA) is 40.5 Å². The molecule has 1 amide bonds. The Morgan fingerprint density at radius 2 is 2.20 bits per heavy atom. The van der Waals surface area contributed by atoms with E-state index in [2.05, 4.69) is 12.6 Å². The van der Waals surface area contributed by atoms with Crippen LogP contribution in [0.1, 0.15) is 6.92 Å². The molecule has 10 heavy (non-hydrogen) atoms. The predicted octanol–water partition coefficient (Wildman–Crippen LogP) is 0.554. The fourth-order valence-corrected chi connectivity index (χ4v) is 1.97. The molecule has 0 spiro atoms. The molecule has 0 saturated heterocycles. The summed E-state index contributed by atoms with van der Waals surface area (Å²) in [5.41, 5.74) is 0.378. The zero-order valence-electron chi connectivity index (χ0n) is 6.46. The molecule has 0 aromatic rings. The number of carbonyl (C=O) groups is 1. The van der Waals surface area contributed by atoms with E-state index in [9.17, 15) is 9.69 Å². The average Bonchev–Trinajstić information content (AvgIpc) is 1.86. The van der Waals surface area contributed by atoms with Gasteiger partial charge in [0.05, 0.1) is 0 Å². The van der Waals surface area contributed by atoms with E-state index < -0.39 is 7.64 Å². The van der Waals surface area contributed by atoms with E-state index >= 15 is 0 Å². The molecule has 0 bridgehead atoms. The van der Waals surface area contributed by atoms with Gasteiger partial charge in [0.2, 0.25) is 0 Å². The SMILES string of the molecule is CC(=O)N(C)[PH](C)(O)CS. The summed E-state index contributed by atoms with van der Waals surface area (Å²) in [7, 11) is -0.894. The van der Waals surface area contributed by atoms with Gasteiger partial charge in [-0.15, -0.1) is 0 Å². The number of nitrogens with zero attached hydrogens (tertiary/aromatic N) is 1. The van der Waals surface area contributed by atoms with Crippen molar-refractivity contribution in [1.82, 2.24) is 4.67 Å². The standard InChI is InChI=1S/C5H14NO2PS/c1-5(7)6(2)9(3,8)4-10/h8-10H,4H2,1-3H3. The summed E-state index contributed by atoms with van der Waals surface area (Å²) in [5.74, 6) is -0.106. The predicted molar refractivity (Wildman–Crippen MR) is 48.8 cm³/mol. The van der Waals surface area contributed by atoms with Crippen LogP contribution in [0.5, 0.6) is 0 Å². The second-order valence-electron chi connectivity index (χ2n) is 2.45. The van der Waals surface area contributed by atoms with E-state index in [0.717, 1.165) is 0 Å². The molecular weight excluding hydrogens is 169 g/mol. The van der Waals surface area contributed by atoms with Gasteiger partial charge in [-0.05, 0) is 0 Å². The first-order chi connectivity index (χ1) is 4.41. The van der Waals surface area contributed by atoms with Gasteiger partial charge in [0.25, 0.3) is 0 Å². The Bertz CT molecular complexity index is 140. The van der Waals surface area contributed by atoms with Crippen LogP contribution in [0.3, 0.4) is 0 Å². The van der Waals surface area contributed by atoms with Gasteiger partial charge in [-0.3, -0.25) is 0 Å². The van der Waals surface area contributed by atoms with Gasteiger partial charge in [0.15, 0.2) is 0 Å². The molecule has 0 unspecified atom stereocenters. The number of carbonyl (C=O) groups excluding carboxylic acids is 1. The quantitative estimate of drug-likeness (QED) is 0.485. The van der Waals surface area contributed by atoms with Crippen LogP contribution in [0, 0.1) is 0 Å². The molecular formula is C5H14NO2PS. The van der Waals surface area contributed by atoms with E-state index in [1.165, 1.54) is 11.6 Å². The number of hydrogen-bond donors (Lipinski definition) is 2. The fourth-order valence-electron chi connectivity index (χ4n) is 0.445. The van der Waals surface area contributed by atoms with Gasteiger partial charge < -0.3 is 0 Å². The molecule has 0 aromatic heterocycles. The Morgan fingerprint density at radius 1 is 1.80 bits per heavy atom. The molecule has 0 aliphatic rings. The Labute approximate surface area is 67.3 Å². The van der Waals surface area contributed by atoms with Crippen molar-refractivity contribution in [3.05, 3.63) is 0 Å². The number of amides is 1. The maximum absolute atomic E-state index is 10.7. The van der Waals surface area contributed by atoms with Crippen molar-refractivity contribution in [3.63, 3.8) is 0 Å². The second-order valence-corrected chi connectivity index (χ2v) is 6.82. The summed E-state index contributed by atoms with van der Waals surface area (Å²) in [6, 6.07) is 0. The van der Waals surface area contributed by atoms with Crippen LogP contribution in [-0.4, -0.2) is 34.7 Å². The summed E-state index contributed by atoms with van der Waals surface area (Å²) < 4.78 is 1.39. The fraction of sp³-hybridized carbons (Fsp3) is 0.800. The van der Waals surface area contributed by atoms with E-state index in [1.807, 2.05) is 0 Å². The van der Waals surface area contributed by atoms with E-state index in [0.29, 0.717) is 5.49 Å². The van der Waals surface area contributed by atoms with Crippen molar-refractivity contribution in [2.75, 3.05) is 19.2 Å². The molecule has 0 heterocycles. The normalized spacial score (nSPS) is 12.9. The van der Waals surface area contributed by atoms with Gasteiger partial charge in [-0.1, -0.05) is 0 Å². The Balaban J connectivity index is 4.17. The zero-order chi connectivity index (χ0) is 8.36. The van der Waals surface area contributed by atoms with E-state index in [-0.39, 0.29) is 5.91 Å². The van der Waals surface area contributed by atoms with Crippen LogP contribution >= 0.6 is 20.3 Å². The van der Waals surface area contributed by atoms with Gasteiger partial charge in [0, 0.05) is 0 Å². The zero-order valence-corrected chi connectivity index (χ0v) is 8.35. The molecule has 0 aliphatic carbocycles. The third kappa shape index (κ3) is 2.45. The molecule has 0 rings (SSSR count). The number of rotatable bonds is 2. The van der Waals surface area contributed by atoms with Crippen molar-refractivity contribution < 1.29 is 9.69 Å². The summed E-state index contributed by atoms with van der Waals surface area (Å²) in [4.78, 5) is 20.2. The summed E-state index contributed by atoms with van der Waals surface area (Å²) in [6.45, 7) is 3.12. The average molecular weight is 183 g/mol. The summed E-state index contributed by atoms with van der Waals surface area (Å²) in [5, 5.41) is 0. The molecule has 0 aliphatic heterocycles. The Morgan fingerprint density at radius 3 is 2.30 bits per heavy atom. The van der Waals surface area contributed by atoms with Crippen LogP contribution in [0.2, 0.25) is 0 Å². The molecule has 1 N–H and O–H groups in total. The van der Waals surface area contributed by atoms with Crippen molar-refractivity contribution in [1.29, 1.82) is 0 Å². The first-order valence-corrected chi connectivity index (χ1v) is 6.23. The van der Waals surface area contributed by atoms with Crippen molar-refractivity contribution >= 4 is 26.2 Å². The Hall–Kier alpha value is 0.210. The maximum atomic E-state index is 10.7. The Kier molecular flexibility index (Phi) is 3.63. The van der Waals surface area contributed by atoms with Crippen LogP contribution in [0.4, 0.5) is 0 Å². The second kappa shape index (κ2) is 3.56. The van der Waals surface area contributed by atoms with Crippen LogP contribution in [-0.2, 0) is 4.79 Å². The van der Waals surface area contributed by atoms with Gasteiger partial charge in [0.1, 0.15) is 0 Å². The van der Waals surface area contributed by atoms with Crippen molar-refractivity contribution in [3.8, 4) is 0 Å². The van der Waals surface area contributed by atoms with E-state index in [1.54, 1.807) is 13.7 Å². The molecule has 5 heteroatoms. The number of thiol groups is 1. The first-order valence-electron chi connectivity index (χ1n) is 2.99. The van der Waals surface area contributed by atoms with Crippen molar-refractivity contribution in [2.24, 2.45) is 0 Å². The van der Waals surface area contributed by atoms with Crippen LogP contribution in [0.25, 0.3) is 0 Å². The molecule has 0 aromatic carbocycles. The monoisotopic (exact) mass is 183 g/mol. The third-order valence-corrected chi connectivity index (χ3v) is 5.65. The molecule has 0 fully saturated rings. The summed E-state index contributed by atoms with van der Waals surface area (Å²) >= 11 is 3.95. The summed E-state index contributed by atoms with van der Waals surface area (Å²) in [6.07, 6.45) is 0. The number of hydrogen-bond acceptors (Lipinski definition) is 3.